The monoisotopic (exact) mass is 530 g/mol. The first-order chi connectivity index (χ1) is 13.5. The maximum absolute atomic E-state index is 12.1. The number of guanidine groups is 1. The summed E-state index contributed by atoms with van der Waals surface area (Å²) in [7, 11) is 1.70. The Morgan fingerprint density at radius 3 is 2.52 bits per heavy atom. The van der Waals surface area contributed by atoms with Crippen molar-refractivity contribution in [1.29, 1.82) is 0 Å². The van der Waals surface area contributed by atoms with Gasteiger partial charge in [0, 0.05) is 20.1 Å². The maximum atomic E-state index is 12.1. The fourth-order valence-electron chi connectivity index (χ4n) is 2.52. The predicted molar refractivity (Wildman–Crippen MR) is 130 cm³/mol. The first kappa shape index (κ1) is 25.0. The number of carbonyl (C=O) groups excluding carboxylic acids is 1. The molecule has 0 bridgehead atoms. The van der Waals surface area contributed by atoms with Gasteiger partial charge in [0.05, 0.1) is 17.1 Å². The van der Waals surface area contributed by atoms with Crippen molar-refractivity contribution in [2.45, 2.75) is 20.0 Å². The van der Waals surface area contributed by atoms with Gasteiger partial charge in [-0.25, -0.2) is 0 Å². The summed E-state index contributed by atoms with van der Waals surface area (Å²) < 4.78 is 5.89. The SMILES string of the molecule is CN=C(NCCNC(=O)c1ccccc1Cl)NCC(C)Oc1cccc(C)c1.I. The fraction of sp³-hybridized carbons (Fsp3) is 0.333. The van der Waals surface area contributed by atoms with Crippen molar-refractivity contribution in [3.8, 4) is 5.75 Å². The summed E-state index contributed by atoms with van der Waals surface area (Å²) in [4.78, 5) is 16.3. The van der Waals surface area contributed by atoms with Gasteiger partial charge in [0.1, 0.15) is 11.9 Å². The fourth-order valence-corrected chi connectivity index (χ4v) is 2.74. The van der Waals surface area contributed by atoms with E-state index in [2.05, 4.69) is 20.9 Å². The van der Waals surface area contributed by atoms with Gasteiger partial charge in [-0.05, 0) is 43.7 Å². The minimum absolute atomic E-state index is 0. The van der Waals surface area contributed by atoms with Crippen molar-refractivity contribution in [2.75, 3.05) is 26.7 Å². The molecule has 0 saturated heterocycles. The van der Waals surface area contributed by atoms with E-state index in [4.69, 9.17) is 16.3 Å². The van der Waals surface area contributed by atoms with Gasteiger partial charge in [-0.2, -0.15) is 0 Å². The van der Waals surface area contributed by atoms with Crippen LogP contribution < -0.4 is 20.7 Å². The number of carbonyl (C=O) groups is 1. The number of rotatable bonds is 8. The number of hydrogen-bond donors (Lipinski definition) is 3. The number of hydrogen-bond acceptors (Lipinski definition) is 3. The lowest BCUT2D eigenvalue weighted by atomic mass is 10.2. The van der Waals surface area contributed by atoms with E-state index in [-0.39, 0.29) is 36.0 Å². The molecule has 0 saturated carbocycles. The van der Waals surface area contributed by atoms with Crippen molar-refractivity contribution >= 4 is 47.4 Å². The Bertz CT molecular complexity index is 817. The Kier molecular flexibility index (Phi) is 11.5. The van der Waals surface area contributed by atoms with Crippen LogP contribution in [0.15, 0.2) is 53.5 Å². The summed E-state index contributed by atoms with van der Waals surface area (Å²) in [5, 5.41) is 9.63. The van der Waals surface area contributed by atoms with Crippen LogP contribution in [-0.2, 0) is 0 Å². The molecule has 0 aliphatic carbocycles. The van der Waals surface area contributed by atoms with Crippen LogP contribution in [0.5, 0.6) is 5.75 Å². The third-order valence-corrected chi connectivity index (χ3v) is 4.26. The molecule has 0 aromatic heterocycles. The highest BCUT2D eigenvalue weighted by molar-refractivity contribution is 14.0. The number of benzene rings is 2. The summed E-state index contributed by atoms with van der Waals surface area (Å²) in [6, 6.07) is 14.9. The van der Waals surface area contributed by atoms with Crippen molar-refractivity contribution in [2.24, 2.45) is 4.99 Å². The third kappa shape index (κ3) is 8.91. The maximum Gasteiger partial charge on any atom is 0.252 e. The molecule has 2 rings (SSSR count). The molecule has 2 aromatic carbocycles. The Morgan fingerprint density at radius 2 is 1.83 bits per heavy atom. The zero-order chi connectivity index (χ0) is 20.4. The number of halogens is 2. The molecule has 29 heavy (non-hydrogen) atoms. The van der Waals surface area contributed by atoms with Crippen LogP contribution in [0, 0.1) is 6.92 Å². The van der Waals surface area contributed by atoms with E-state index in [1.807, 2.05) is 38.1 Å². The van der Waals surface area contributed by atoms with E-state index >= 15 is 0 Å². The molecule has 1 amide bonds. The summed E-state index contributed by atoms with van der Waals surface area (Å²) in [5.74, 6) is 1.29. The molecular formula is C21H28ClIN4O2. The molecule has 158 valence electrons. The second kappa shape index (κ2) is 13.3. The normalized spacial score (nSPS) is 11.8. The van der Waals surface area contributed by atoms with Crippen LogP contribution in [0.4, 0.5) is 0 Å². The number of nitrogens with zero attached hydrogens (tertiary/aromatic N) is 1. The lowest BCUT2D eigenvalue weighted by Gasteiger charge is -2.18. The van der Waals surface area contributed by atoms with Crippen LogP contribution in [0.3, 0.4) is 0 Å². The highest BCUT2D eigenvalue weighted by atomic mass is 127. The molecular weight excluding hydrogens is 503 g/mol. The lowest BCUT2D eigenvalue weighted by Crippen LogP contribution is -2.44. The summed E-state index contributed by atoms with van der Waals surface area (Å²) in [5.41, 5.74) is 1.63. The molecule has 0 aliphatic heterocycles. The Labute approximate surface area is 194 Å². The molecule has 0 fully saturated rings. The van der Waals surface area contributed by atoms with Gasteiger partial charge >= 0.3 is 0 Å². The predicted octanol–water partition coefficient (Wildman–Crippen LogP) is 3.63. The highest BCUT2D eigenvalue weighted by Gasteiger charge is 2.09. The molecule has 0 spiro atoms. The Morgan fingerprint density at radius 1 is 1.10 bits per heavy atom. The van der Waals surface area contributed by atoms with Crippen molar-refractivity contribution in [3.05, 3.63) is 64.7 Å². The molecule has 1 atom stereocenters. The van der Waals surface area contributed by atoms with Crippen LogP contribution in [-0.4, -0.2) is 44.7 Å². The molecule has 2 aromatic rings. The van der Waals surface area contributed by atoms with E-state index in [1.54, 1.807) is 31.3 Å². The largest absolute Gasteiger partial charge is 0.489 e. The molecule has 8 heteroatoms. The molecule has 0 radical (unpaired) electrons. The van der Waals surface area contributed by atoms with Gasteiger partial charge in [-0.1, -0.05) is 35.9 Å². The Hall–Kier alpha value is -2.00. The molecule has 6 nitrogen and oxygen atoms in total. The van der Waals surface area contributed by atoms with Gasteiger partial charge < -0.3 is 20.7 Å². The van der Waals surface area contributed by atoms with Crippen LogP contribution >= 0.6 is 35.6 Å². The zero-order valence-electron chi connectivity index (χ0n) is 16.9. The summed E-state index contributed by atoms with van der Waals surface area (Å²) in [6.45, 7) is 5.60. The van der Waals surface area contributed by atoms with Gasteiger partial charge in [-0.3, -0.25) is 9.79 Å². The first-order valence-electron chi connectivity index (χ1n) is 9.20. The second-order valence-electron chi connectivity index (χ2n) is 6.36. The van der Waals surface area contributed by atoms with Crippen molar-refractivity contribution in [3.63, 3.8) is 0 Å². The topological polar surface area (TPSA) is 74.8 Å². The minimum atomic E-state index is -0.199. The quantitative estimate of drug-likeness (QED) is 0.211. The average Bonchev–Trinajstić information content (AvgIpc) is 2.67. The number of ether oxygens (including phenoxy) is 1. The van der Waals surface area contributed by atoms with Crippen molar-refractivity contribution in [1.82, 2.24) is 16.0 Å². The molecule has 0 aliphatic rings. The first-order valence-corrected chi connectivity index (χ1v) is 9.58. The number of amides is 1. The number of aliphatic imine (C=N–C) groups is 1. The second-order valence-corrected chi connectivity index (χ2v) is 6.77. The molecule has 0 heterocycles. The Balaban J connectivity index is 0.00000420. The highest BCUT2D eigenvalue weighted by Crippen LogP contribution is 2.14. The smallest absolute Gasteiger partial charge is 0.252 e. The van der Waals surface area contributed by atoms with Crippen LogP contribution in [0.1, 0.15) is 22.8 Å². The van der Waals surface area contributed by atoms with Crippen molar-refractivity contribution < 1.29 is 9.53 Å². The zero-order valence-corrected chi connectivity index (χ0v) is 20.0. The van der Waals surface area contributed by atoms with E-state index in [0.29, 0.717) is 36.2 Å². The number of aryl methyl sites for hydroxylation is 1. The van der Waals surface area contributed by atoms with E-state index in [1.165, 1.54) is 0 Å². The van der Waals surface area contributed by atoms with Gasteiger partial charge in [0.2, 0.25) is 0 Å². The molecule has 3 N–H and O–H groups in total. The standard InChI is InChI=1S/C21H27ClN4O2.HI/c1-15-7-6-8-17(13-15)28-16(2)14-26-21(23-3)25-12-11-24-20(27)18-9-4-5-10-19(18)22;/h4-10,13,16H,11-12,14H2,1-3H3,(H,24,27)(H2,23,25,26);1H. The summed E-state index contributed by atoms with van der Waals surface area (Å²) >= 11 is 6.02. The van der Waals surface area contributed by atoms with Crippen LogP contribution in [0.25, 0.3) is 0 Å². The van der Waals surface area contributed by atoms with Crippen LogP contribution in [0.2, 0.25) is 5.02 Å². The molecule has 1 unspecified atom stereocenters. The average molecular weight is 531 g/mol. The minimum Gasteiger partial charge on any atom is -0.489 e. The lowest BCUT2D eigenvalue weighted by molar-refractivity contribution is 0.0954. The number of nitrogens with one attached hydrogen (secondary N) is 3. The van der Waals surface area contributed by atoms with Gasteiger partial charge in [0.15, 0.2) is 5.96 Å². The van der Waals surface area contributed by atoms with Gasteiger partial charge in [-0.15, -0.1) is 24.0 Å². The summed E-state index contributed by atoms with van der Waals surface area (Å²) in [6.07, 6.45) is -0.0275. The van der Waals surface area contributed by atoms with E-state index < -0.39 is 0 Å². The van der Waals surface area contributed by atoms with Gasteiger partial charge in [0.25, 0.3) is 5.91 Å². The third-order valence-electron chi connectivity index (χ3n) is 3.93. The van der Waals surface area contributed by atoms with E-state index in [0.717, 1.165) is 11.3 Å². The van der Waals surface area contributed by atoms with E-state index in [9.17, 15) is 4.79 Å².